The number of aromatic nitrogens is 2. The van der Waals surface area contributed by atoms with Crippen LogP contribution < -0.4 is 4.90 Å². The van der Waals surface area contributed by atoms with Crippen molar-refractivity contribution in [3.05, 3.63) is 44.9 Å². The van der Waals surface area contributed by atoms with E-state index in [1.165, 1.54) is 0 Å². The summed E-state index contributed by atoms with van der Waals surface area (Å²) >= 11 is 4.93. The molecule has 0 bridgehead atoms. The number of alkyl halides is 2. The van der Waals surface area contributed by atoms with E-state index < -0.39 is 19.8 Å². The van der Waals surface area contributed by atoms with Gasteiger partial charge in [0.1, 0.15) is 0 Å². The van der Waals surface area contributed by atoms with Crippen molar-refractivity contribution < 1.29 is 5.11 Å². The number of benzene rings is 1. The van der Waals surface area contributed by atoms with Gasteiger partial charge in [-0.05, 0) is 0 Å². The molecule has 5 nitrogen and oxygen atoms in total. The molecule has 0 amide bonds. The van der Waals surface area contributed by atoms with E-state index in [0.717, 1.165) is 47.8 Å². The SMILES string of the molecule is CI(C)c1cc(N2CCN(Cc3ccccc3O)CC2)nc(Cl)n1. The third-order valence-electron chi connectivity index (χ3n) is 4.12. The topological polar surface area (TPSA) is 52.5 Å². The molecule has 0 spiro atoms. The van der Waals surface area contributed by atoms with Gasteiger partial charge in [-0.3, -0.25) is 0 Å². The van der Waals surface area contributed by atoms with Crippen molar-refractivity contribution in [1.29, 1.82) is 0 Å². The van der Waals surface area contributed by atoms with Gasteiger partial charge in [0.15, 0.2) is 0 Å². The van der Waals surface area contributed by atoms with E-state index in [1.54, 1.807) is 6.07 Å². The molecule has 1 aliphatic heterocycles. The fourth-order valence-electron chi connectivity index (χ4n) is 2.75. The maximum absolute atomic E-state index is 9.92. The van der Waals surface area contributed by atoms with E-state index in [2.05, 4.69) is 35.7 Å². The Morgan fingerprint density at radius 2 is 1.83 bits per heavy atom. The molecule has 0 saturated carbocycles. The Morgan fingerprint density at radius 3 is 2.50 bits per heavy atom. The number of rotatable bonds is 4. The molecule has 130 valence electrons. The van der Waals surface area contributed by atoms with Crippen LogP contribution in [0.5, 0.6) is 5.75 Å². The minimum absolute atomic E-state index is 0.352. The third-order valence-corrected chi connectivity index (χ3v) is 7.06. The first-order chi connectivity index (χ1) is 11.5. The molecule has 1 aliphatic rings. The average molecular weight is 461 g/mol. The summed E-state index contributed by atoms with van der Waals surface area (Å²) in [6.07, 6.45) is 0. The quantitative estimate of drug-likeness (QED) is 0.329. The number of phenols is 1. The number of aromatic hydroxyl groups is 1. The molecule has 1 N–H and O–H groups in total. The van der Waals surface area contributed by atoms with Gasteiger partial charge in [-0.25, -0.2) is 0 Å². The number of phenolic OH excluding ortho intramolecular Hbond substituents is 1. The van der Waals surface area contributed by atoms with Crippen molar-refractivity contribution in [2.45, 2.75) is 6.54 Å². The van der Waals surface area contributed by atoms with Gasteiger partial charge >= 0.3 is 155 Å². The monoisotopic (exact) mass is 460 g/mol. The van der Waals surface area contributed by atoms with Gasteiger partial charge in [-0.2, -0.15) is 0 Å². The van der Waals surface area contributed by atoms with E-state index in [0.29, 0.717) is 11.0 Å². The van der Waals surface area contributed by atoms with Gasteiger partial charge in [0, 0.05) is 0 Å². The van der Waals surface area contributed by atoms with Gasteiger partial charge in [0.2, 0.25) is 0 Å². The Hall–Kier alpha value is -1.12. The van der Waals surface area contributed by atoms with Crippen LogP contribution in [0, 0.1) is 3.70 Å². The molecule has 0 radical (unpaired) electrons. The van der Waals surface area contributed by atoms with Crippen molar-refractivity contribution in [1.82, 2.24) is 14.9 Å². The fourth-order valence-corrected chi connectivity index (χ4v) is 4.69. The van der Waals surface area contributed by atoms with Gasteiger partial charge in [0.25, 0.3) is 0 Å². The number of halogens is 2. The maximum atomic E-state index is 9.92. The standard InChI is InChI=1S/C17H22ClIN4O/c1-19(2)15-11-16(21-17(18)20-15)23-9-7-22(8-10-23)12-13-5-3-4-6-14(13)24/h3-6,11,24H,7-10,12H2,1-2H3. The Labute approximate surface area is 155 Å². The zero-order valence-electron chi connectivity index (χ0n) is 13.9. The summed E-state index contributed by atoms with van der Waals surface area (Å²) < 4.78 is 1.13. The Kier molecular flexibility index (Phi) is 5.78. The van der Waals surface area contributed by atoms with Crippen LogP contribution in [0.1, 0.15) is 5.56 Å². The van der Waals surface area contributed by atoms with E-state index in [9.17, 15) is 5.11 Å². The minimum atomic E-state index is -1.18. The second kappa shape index (κ2) is 7.84. The molecular weight excluding hydrogens is 439 g/mol. The number of hydrogen-bond donors (Lipinski definition) is 1. The van der Waals surface area contributed by atoms with Crippen molar-refractivity contribution in [2.75, 3.05) is 40.9 Å². The summed E-state index contributed by atoms with van der Waals surface area (Å²) in [6, 6.07) is 9.64. The first kappa shape index (κ1) is 17.7. The molecule has 7 heteroatoms. The molecule has 2 heterocycles. The predicted molar refractivity (Wildman–Crippen MR) is 107 cm³/mol. The normalized spacial score (nSPS) is 16.3. The van der Waals surface area contributed by atoms with Crippen LogP contribution in [0.25, 0.3) is 0 Å². The zero-order chi connectivity index (χ0) is 17.1. The molecule has 1 aromatic heterocycles. The van der Waals surface area contributed by atoms with Crippen LogP contribution in [-0.2, 0) is 6.54 Å². The van der Waals surface area contributed by atoms with Crippen molar-refractivity contribution >= 4 is 37.2 Å². The van der Waals surface area contributed by atoms with E-state index in [4.69, 9.17) is 11.6 Å². The number of anilines is 1. The first-order valence-electron chi connectivity index (χ1n) is 7.81. The van der Waals surface area contributed by atoms with Crippen LogP contribution in [0.2, 0.25) is 5.28 Å². The molecule has 1 saturated heterocycles. The summed E-state index contributed by atoms with van der Waals surface area (Å²) in [6.45, 7) is 4.46. The average Bonchev–Trinajstić information content (AvgIpc) is 2.57. The van der Waals surface area contributed by atoms with Crippen LogP contribution >= 0.6 is 31.4 Å². The molecule has 0 atom stereocenters. The number of piperazine rings is 1. The second-order valence-electron chi connectivity index (χ2n) is 5.97. The summed E-state index contributed by atoms with van der Waals surface area (Å²) in [5, 5.41) is 10.3. The predicted octanol–water partition coefficient (Wildman–Crippen LogP) is 3.09. The van der Waals surface area contributed by atoms with E-state index in [1.807, 2.05) is 18.2 Å². The summed E-state index contributed by atoms with van der Waals surface area (Å²) in [7, 11) is 0. The molecule has 24 heavy (non-hydrogen) atoms. The number of nitrogens with zero attached hydrogens (tertiary/aromatic N) is 4. The van der Waals surface area contributed by atoms with Crippen LogP contribution in [0.3, 0.4) is 0 Å². The number of para-hydroxylation sites is 1. The molecule has 0 aliphatic carbocycles. The molecule has 1 fully saturated rings. The van der Waals surface area contributed by atoms with E-state index >= 15 is 0 Å². The van der Waals surface area contributed by atoms with Crippen molar-refractivity contribution in [3.8, 4) is 5.75 Å². The molecular formula is C17H22ClIN4O. The van der Waals surface area contributed by atoms with Crippen molar-refractivity contribution in [3.63, 3.8) is 0 Å². The van der Waals surface area contributed by atoms with Crippen LogP contribution in [-0.4, -0.2) is 56.0 Å². The molecule has 2 aromatic rings. The Balaban J connectivity index is 1.64. The summed E-state index contributed by atoms with van der Waals surface area (Å²) in [5.74, 6) is 1.31. The van der Waals surface area contributed by atoms with Gasteiger partial charge in [-0.15, -0.1) is 0 Å². The molecule has 1 aromatic carbocycles. The summed E-state index contributed by atoms with van der Waals surface area (Å²) in [4.78, 5) is 17.9. The molecule has 0 unspecified atom stereocenters. The van der Waals surface area contributed by atoms with Crippen LogP contribution in [0.4, 0.5) is 5.82 Å². The Morgan fingerprint density at radius 1 is 1.12 bits per heavy atom. The second-order valence-corrected chi connectivity index (χ2v) is 11.7. The van der Waals surface area contributed by atoms with Crippen molar-refractivity contribution in [2.24, 2.45) is 0 Å². The van der Waals surface area contributed by atoms with E-state index in [-0.39, 0.29) is 0 Å². The molecule has 3 rings (SSSR count). The summed E-state index contributed by atoms with van der Waals surface area (Å²) in [5.41, 5.74) is 0.977. The van der Waals surface area contributed by atoms with Gasteiger partial charge in [-0.1, -0.05) is 0 Å². The first-order valence-corrected chi connectivity index (χ1v) is 13.6. The zero-order valence-corrected chi connectivity index (χ0v) is 16.8. The van der Waals surface area contributed by atoms with Crippen LogP contribution in [0.15, 0.2) is 30.3 Å². The fraction of sp³-hybridized carbons (Fsp3) is 0.412. The Bertz CT molecular complexity index is 705. The third kappa shape index (κ3) is 4.29. The van der Waals surface area contributed by atoms with Gasteiger partial charge < -0.3 is 0 Å². The number of hydrogen-bond acceptors (Lipinski definition) is 5. The van der Waals surface area contributed by atoms with Gasteiger partial charge in [0.05, 0.1) is 0 Å².